The zero-order valence-electron chi connectivity index (χ0n) is 24.6. The van der Waals surface area contributed by atoms with E-state index in [1.807, 2.05) is 37.3 Å². The first-order chi connectivity index (χ1) is 21.2. The van der Waals surface area contributed by atoms with Gasteiger partial charge in [0, 0.05) is 22.2 Å². The molecule has 0 spiro atoms. The summed E-state index contributed by atoms with van der Waals surface area (Å²) in [5.41, 5.74) is 3.34. The number of thioether (sulfide) groups is 1. The van der Waals surface area contributed by atoms with Crippen LogP contribution >= 0.6 is 23.4 Å². The fourth-order valence-corrected chi connectivity index (χ4v) is 5.15. The molecule has 0 radical (unpaired) electrons. The molecule has 0 aliphatic heterocycles. The van der Waals surface area contributed by atoms with E-state index in [-0.39, 0.29) is 11.6 Å². The predicted octanol–water partition coefficient (Wildman–Crippen LogP) is 7.19. The standard InChI is InChI=1S/C34H32ClN3O5S/c1-21-10-12-23(13-11-21)18-29(38-33(40)24-8-6-5-7-9-24)34(41)36-25-14-16-26(17-15-25)44-22(2)32(39)37-28-19-27(35)30(42-3)20-31(28)43-4/h5-20,22H,1-4H3,(H,36,41)(H,37,39)(H,38,40)/b29-18-. The first-order valence-electron chi connectivity index (χ1n) is 13.6. The van der Waals surface area contributed by atoms with Gasteiger partial charge in [-0.3, -0.25) is 14.4 Å². The van der Waals surface area contributed by atoms with Crippen LogP contribution in [0.1, 0.15) is 28.4 Å². The number of aryl methyl sites for hydroxylation is 1. The van der Waals surface area contributed by atoms with Crippen molar-refractivity contribution in [3.63, 3.8) is 0 Å². The Labute approximate surface area is 265 Å². The van der Waals surface area contributed by atoms with Gasteiger partial charge in [0.05, 0.1) is 30.2 Å². The number of amides is 3. The molecule has 0 aromatic heterocycles. The number of hydrogen-bond donors (Lipinski definition) is 3. The molecular formula is C34H32ClN3O5S. The fourth-order valence-electron chi connectivity index (χ4n) is 4.04. The Kier molecular flexibility index (Phi) is 11.1. The number of hydrogen-bond acceptors (Lipinski definition) is 6. The highest BCUT2D eigenvalue weighted by Gasteiger charge is 2.19. The molecule has 0 bridgehead atoms. The van der Waals surface area contributed by atoms with Crippen molar-refractivity contribution in [2.24, 2.45) is 0 Å². The molecular weight excluding hydrogens is 598 g/mol. The quantitative estimate of drug-likeness (QED) is 0.120. The Morgan fingerprint density at radius 1 is 0.841 bits per heavy atom. The molecule has 3 N–H and O–H groups in total. The van der Waals surface area contributed by atoms with Crippen molar-refractivity contribution in [1.82, 2.24) is 5.32 Å². The molecule has 1 atom stereocenters. The van der Waals surface area contributed by atoms with E-state index in [1.165, 1.54) is 26.0 Å². The maximum absolute atomic E-state index is 13.3. The van der Waals surface area contributed by atoms with Crippen LogP contribution in [-0.4, -0.2) is 37.2 Å². The maximum atomic E-state index is 13.3. The molecule has 1 unspecified atom stereocenters. The molecule has 3 amide bonds. The van der Waals surface area contributed by atoms with Gasteiger partial charge < -0.3 is 25.4 Å². The highest BCUT2D eigenvalue weighted by molar-refractivity contribution is 8.00. The molecule has 4 aromatic carbocycles. The van der Waals surface area contributed by atoms with E-state index >= 15 is 0 Å². The van der Waals surface area contributed by atoms with Crippen LogP contribution in [0.4, 0.5) is 11.4 Å². The number of carbonyl (C=O) groups is 3. The lowest BCUT2D eigenvalue weighted by atomic mass is 10.1. The van der Waals surface area contributed by atoms with Gasteiger partial charge in [-0.15, -0.1) is 11.8 Å². The summed E-state index contributed by atoms with van der Waals surface area (Å²) in [6.45, 7) is 3.76. The number of benzene rings is 4. The highest BCUT2D eigenvalue weighted by atomic mass is 35.5. The van der Waals surface area contributed by atoms with E-state index < -0.39 is 17.1 Å². The lowest BCUT2D eigenvalue weighted by molar-refractivity contribution is -0.115. The predicted molar refractivity (Wildman–Crippen MR) is 177 cm³/mol. The topological polar surface area (TPSA) is 106 Å². The second kappa shape index (κ2) is 15.1. The molecule has 8 nitrogen and oxygen atoms in total. The fraction of sp³-hybridized carbons (Fsp3) is 0.147. The van der Waals surface area contributed by atoms with Crippen molar-refractivity contribution in [3.8, 4) is 11.5 Å². The molecule has 0 aliphatic rings. The smallest absolute Gasteiger partial charge is 0.272 e. The number of rotatable bonds is 11. The molecule has 0 saturated carbocycles. The van der Waals surface area contributed by atoms with Gasteiger partial charge in [0.2, 0.25) is 5.91 Å². The Balaban J connectivity index is 1.43. The number of carbonyl (C=O) groups excluding carboxylic acids is 3. The molecule has 0 saturated heterocycles. The van der Waals surface area contributed by atoms with Crippen LogP contribution in [0.5, 0.6) is 11.5 Å². The van der Waals surface area contributed by atoms with Gasteiger partial charge in [-0.1, -0.05) is 59.6 Å². The zero-order chi connectivity index (χ0) is 31.6. The monoisotopic (exact) mass is 629 g/mol. The van der Waals surface area contributed by atoms with Crippen LogP contribution in [0.2, 0.25) is 5.02 Å². The van der Waals surface area contributed by atoms with E-state index in [1.54, 1.807) is 73.7 Å². The summed E-state index contributed by atoms with van der Waals surface area (Å²) in [4.78, 5) is 39.9. The Hall–Kier alpha value is -4.73. The van der Waals surface area contributed by atoms with Crippen molar-refractivity contribution in [1.29, 1.82) is 0 Å². The summed E-state index contributed by atoms with van der Waals surface area (Å²) in [5, 5.41) is 8.33. The van der Waals surface area contributed by atoms with Crippen LogP contribution in [0.3, 0.4) is 0 Å². The highest BCUT2D eigenvalue weighted by Crippen LogP contribution is 2.36. The van der Waals surface area contributed by atoms with E-state index in [4.69, 9.17) is 21.1 Å². The average molecular weight is 630 g/mol. The minimum atomic E-state index is -0.477. The summed E-state index contributed by atoms with van der Waals surface area (Å²) in [6, 6.07) is 26.6. The lowest BCUT2D eigenvalue weighted by Crippen LogP contribution is -2.30. The summed E-state index contributed by atoms with van der Waals surface area (Å²) < 4.78 is 10.6. The molecule has 0 aliphatic carbocycles. The van der Waals surface area contributed by atoms with Gasteiger partial charge >= 0.3 is 0 Å². The SMILES string of the molecule is COc1cc(OC)c(NC(=O)C(C)Sc2ccc(NC(=O)/C(=C/c3ccc(C)cc3)NC(=O)c3ccccc3)cc2)cc1Cl. The third-order valence-corrected chi connectivity index (χ3v) is 7.85. The normalized spacial score (nSPS) is 11.7. The van der Waals surface area contributed by atoms with Crippen molar-refractivity contribution < 1.29 is 23.9 Å². The van der Waals surface area contributed by atoms with E-state index in [2.05, 4.69) is 16.0 Å². The first kappa shape index (κ1) is 32.2. The molecule has 4 aromatic rings. The molecule has 4 rings (SSSR count). The molecule has 226 valence electrons. The molecule has 10 heteroatoms. The number of halogens is 1. The minimum absolute atomic E-state index is 0.0977. The molecule has 0 fully saturated rings. The summed E-state index contributed by atoms with van der Waals surface area (Å²) in [7, 11) is 2.99. The lowest BCUT2D eigenvalue weighted by Gasteiger charge is -2.16. The molecule has 44 heavy (non-hydrogen) atoms. The van der Waals surface area contributed by atoms with Crippen LogP contribution < -0.4 is 25.4 Å². The van der Waals surface area contributed by atoms with E-state index in [0.29, 0.717) is 33.5 Å². The Morgan fingerprint density at radius 2 is 1.50 bits per heavy atom. The van der Waals surface area contributed by atoms with Crippen molar-refractivity contribution >= 4 is 58.5 Å². The minimum Gasteiger partial charge on any atom is -0.495 e. The van der Waals surface area contributed by atoms with Gasteiger partial charge in [-0.25, -0.2) is 0 Å². The number of nitrogens with one attached hydrogen (secondary N) is 3. The third kappa shape index (κ3) is 8.65. The average Bonchev–Trinajstić information content (AvgIpc) is 3.03. The first-order valence-corrected chi connectivity index (χ1v) is 14.9. The van der Waals surface area contributed by atoms with Crippen molar-refractivity contribution in [2.75, 3.05) is 24.9 Å². The number of methoxy groups -OCH3 is 2. The molecule has 0 heterocycles. The summed E-state index contributed by atoms with van der Waals surface area (Å²) in [6.07, 6.45) is 1.63. The van der Waals surface area contributed by atoms with Gasteiger partial charge in [0.1, 0.15) is 17.2 Å². The van der Waals surface area contributed by atoms with Crippen LogP contribution in [0.25, 0.3) is 6.08 Å². The second-order valence-electron chi connectivity index (χ2n) is 9.70. The Bertz CT molecular complexity index is 1660. The maximum Gasteiger partial charge on any atom is 0.272 e. The van der Waals surface area contributed by atoms with E-state index in [0.717, 1.165) is 16.0 Å². The van der Waals surface area contributed by atoms with Gasteiger partial charge in [0.25, 0.3) is 11.8 Å². The van der Waals surface area contributed by atoms with Crippen molar-refractivity contribution in [2.45, 2.75) is 24.0 Å². The van der Waals surface area contributed by atoms with Crippen LogP contribution in [-0.2, 0) is 9.59 Å². The second-order valence-corrected chi connectivity index (χ2v) is 11.5. The van der Waals surface area contributed by atoms with E-state index in [9.17, 15) is 14.4 Å². The van der Waals surface area contributed by atoms with Gasteiger partial charge in [0.15, 0.2) is 0 Å². The zero-order valence-corrected chi connectivity index (χ0v) is 26.2. The van der Waals surface area contributed by atoms with Crippen LogP contribution in [0, 0.1) is 6.92 Å². The number of ether oxygens (including phenoxy) is 2. The largest absolute Gasteiger partial charge is 0.495 e. The van der Waals surface area contributed by atoms with Gasteiger partial charge in [-0.2, -0.15) is 0 Å². The van der Waals surface area contributed by atoms with Crippen molar-refractivity contribution in [3.05, 3.63) is 118 Å². The summed E-state index contributed by atoms with van der Waals surface area (Å²) >= 11 is 7.58. The third-order valence-electron chi connectivity index (χ3n) is 6.44. The summed E-state index contributed by atoms with van der Waals surface area (Å²) in [5.74, 6) is -0.255. The number of anilines is 2. The van der Waals surface area contributed by atoms with Crippen LogP contribution in [0.15, 0.2) is 102 Å². The van der Waals surface area contributed by atoms with Gasteiger partial charge in [-0.05, 0) is 68.0 Å². The Morgan fingerprint density at radius 3 is 2.14 bits per heavy atom.